The summed E-state index contributed by atoms with van der Waals surface area (Å²) in [6.07, 6.45) is 0. The van der Waals surface area contributed by atoms with E-state index in [4.69, 9.17) is 0 Å². The number of fused-ring (bicyclic) bond motifs is 8. The van der Waals surface area contributed by atoms with Crippen LogP contribution in [0.25, 0.3) is 53.2 Å². The highest BCUT2D eigenvalue weighted by atomic mass is 32.1. The van der Waals surface area contributed by atoms with Gasteiger partial charge < -0.3 is 4.90 Å². The van der Waals surface area contributed by atoms with E-state index in [1.807, 2.05) is 11.3 Å². The molecule has 0 atom stereocenters. The van der Waals surface area contributed by atoms with Crippen LogP contribution < -0.4 is 15.3 Å². The van der Waals surface area contributed by atoms with Gasteiger partial charge in [0.2, 0.25) is 0 Å². The Balaban J connectivity index is 1.24. The summed E-state index contributed by atoms with van der Waals surface area (Å²) < 4.78 is 2.75. The summed E-state index contributed by atoms with van der Waals surface area (Å²) >= 11 is 1.91. The number of hydrogen-bond acceptors (Lipinski definition) is 2. The third kappa shape index (κ3) is 4.05. The lowest BCUT2D eigenvalue weighted by Gasteiger charge is -2.28. The Hall–Kier alpha value is -4.96. The number of rotatable bonds is 4. The van der Waals surface area contributed by atoms with Crippen molar-refractivity contribution in [3.8, 4) is 22.3 Å². The molecule has 2 heterocycles. The van der Waals surface area contributed by atoms with Crippen LogP contribution in [0.5, 0.6) is 0 Å². The van der Waals surface area contributed by atoms with Crippen molar-refractivity contribution in [3.05, 3.63) is 152 Å². The molecule has 9 rings (SSSR count). The van der Waals surface area contributed by atoms with Gasteiger partial charge in [-0.3, -0.25) is 0 Å². The zero-order chi connectivity index (χ0) is 30.1. The first-order valence-corrected chi connectivity index (χ1v) is 19.4. The van der Waals surface area contributed by atoms with Gasteiger partial charge in [0.1, 0.15) is 8.07 Å². The number of hydrogen-bond donors (Lipinski definition) is 0. The number of nitrogens with zero attached hydrogens (tertiary/aromatic N) is 1. The maximum Gasteiger partial charge on any atom is 0.113 e. The molecule has 0 aliphatic carbocycles. The summed E-state index contributed by atoms with van der Waals surface area (Å²) in [5.74, 6) is 0. The highest BCUT2D eigenvalue weighted by molar-refractivity contribution is 7.26. The van der Waals surface area contributed by atoms with E-state index < -0.39 is 8.07 Å². The van der Waals surface area contributed by atoms with E-state index in [0.29, 0.717) is 0 Å². The SMILES string of the molecule is C[Si]1(C)c2cc(N(c3ccccc3)c3cccc(-c4cccc5ccccc45)c3)ccc2-c2c1ccc1sc3ccccc3c21. The van der Waals surface area contributed by atoms with Crippen molar-refractivity contribution in [3.63, 3.8) is 0 Å². The highest BCUT2D eigenvalue weighted by Crippen LogP contribution is 2.44. The molecule has 8 aromatic rings. The number of anilines is 3. The fraction of sp³-hybridized carbons (Fsp3) is 0.0476. The molecule has 7 aromatic carbocycles. The van der Waals surface area contributed by atoms with E-state index in [-0.39, 0.29) is 0 Å². The molecule has 0 N–H and O–H groups in total. The first-order valence-electron chi connectivity index (χ1n) is 15.6. The molecule has 1 aliphatic rings. The fourth-order valence-corrected chi connectivity index (χ4v) is 11.7. The monoisotopic (exact) mass is 609 g/mol. The summed E-state index contributed by atoms with van der Waals surface area (Å²) in [4.78, 5) is 2.43. The molecule has 0 saturated heterocycles. The van der Waals surface area contributed by atoms with Crippen LogP contribution in [0.4, 0.5) is 17.1 Å². The van der Waals surface area contributed by atoms with E-state index in [2.05, 4.69) is 170 Å². The number of benzene rings is 7. The largest absolute Gasteiger partial charge is 0.310 e. The third-order valence-corrected chi connectivity index (χ3v) is 14.3. The fourth-order valence-electron chi connectivity index (χ4n) is 7.48. The van der Waals surface area contributed by atoms with E-state index in [1.165, 1.54) is 64.1 Å². The molecule has 1 aliphatic heterocycles. The molecule has 0 amide bonds. The van der Waals surface area contributed by atoms with Crippen LogP contribution in [0.1, 0.15) is 0 Å². The lowest BCUT2D eigenvalue weighted by Crippen LogP contribution is -2.49. The van der Waals surface area contributed by atoms with Crippen LogP contribution in [0.3, 0.4) is 0 Å². The van der Waals surface area contributed by atoms with Crippen LogP contribution in [0.2, 0.25) is 13.1 Å². The molecule has 1 aromatic heterocycles. The minimum atomic E-state index is -1.95. The third-order valence-electron chi connectivity index (χ3n) is 9.64. The van der Waals surface area contributed by atoms with Crippen LogP contribution in [-0.2, 0) is 0 Å². The average molecular weight is 610 g/mol. The molecule has 0 bridgehead atoms. The summed E-state index contributed by atoms with van der Waals surface area (Å²) in [7, 11) is -1.95. The van der Waals surface area contributed by atoms with Crippen LogP contribution in [0, 0.1) is 0 Å². The van der Waals surface area contributed by atoms with Crippen LogP contribution in [0.15, 0.2) is 152 Å². The van der Waals surface area contributed by atoms with E-state index >= 15 is 0 Å². The van der Waals surface area contributed by atoms with Gasteiger partial charge in [0.15, 0.2) is 0 Å². The van der Waals surface area contributed by atoms with Crippen molar-refractivity contribution < 1.29 is 0 Å². The van der Waals surface area contributed by atoms with Gasteiger partial charge in [-0.25, -0.2) is 0 Å². The lowest BCUT2D eigenvalue weighted by atomic mass is 9.97. The van der Waals surface area contributed by atoms with Gasteiger partial charge in [0.05, 0.1) is 0 Å². The Morgan fingerprint density at radius 1 is 0.489 bits per heavy atom. The lowest BCUT2D eigenvalue weighted by molar-refractivity contribution is 1.29. The summed E-state index contributed by atoms with van der Waals surface area (Å²) in [5.41, 5.74) is 8.88. The first-order chi connectivity index (χ1) is 22.1. The number of thiophene rings is 1. The van der Waals surface area contributed by atoms with Crippen molar-refractivity contribution in [1.82, 2.24) is 0 Å². The molecule has 0 saturated carbocycles. The minimum absolute atomic E-state index is 1.16. The molecule has 0 unspecified atom stereocenters. The Bertz CT molecular complexity index is 2420. The van der Waals surface area contributed by atoms with Crippen LogP contribution in [-0.4, -0.2) is 8.07 Å². The molecule has 0 radical (unpaired) electrons. The van der Waals surface area contributed by atoms with Gasteiger partial charge in [0, 0.05) is 37.2 Å². The second-order valence-corrected chi connectivity index (χ2v) is 18.0. The molecule has 1 nitrogen and oxygen atoms in total. The zero-order valence-electron chi connectivity index (χ0n) is 25.3. The molecular formula is C42H31NSSi. The summed E-state index contributed by atoms with van der Waals surface area (Å²) in [6, 6.07) is 56.0. The maximum atomic E-state index is 2.52. The van der Waals surface area contributed by atoms with Crippen molar-refractivity contribution in [2.45, 2.75) is 13.1 Å². The van der Waals surface area contributed by atoms with Crippen molar-refractivity contribution in [1.29, 1.82) is 0 Å². The summed E-state index contributed by atoms with van der Waals surface area (Å²) in [5, 5.41) is 8.42. The second kappa shape index (κ2) is 10.0. The van der Waals surface area contributed by atoms with E-state index in [0.717, 1.165) is 11.4 Å². The Labute approximate surface area is 268 Å². The predicted octanol–water partition coefficient (Wildman–Crippen LogP) is 11.1. The molecule has 3 heteroatoms. The van der Waals surface area contributed by atoms with Gasteiger partial charge in [-0.1, -0.05) is 116 Å². The molecule has 0 fully saturated rings. The average Bonchev–Trinajstić information content (AvgIpc) is 3.57. The van der Waals surface area contributed by atoms with Gasteiger partial charge in [-0.15, -0.1) is 11.3 Å². The van der Waals surface area contributed by atoms with E-state index in [9.17, 15) is 0 Å². The Morgan fingerprint density at radius 3 is 2.09 bits per heavy atom. The quantitative estimate of drug-likeness (QED) is 0.179. The van der Waals surface area contributed by atoms with Crippen molar-refractivity contribution in [2.75, 3.05) is 4.90 Å². The van der Waals surface area contributed by atoms with Gasteiger partial charge >= 0.3 is 0 Å². The maximum absolute atomic E-state index is 2.52. The first kappa shape index (κ1) is 26.4. The molecule has 45 heavy (non-hydrogen) atoms. The molecule has 0 spiro atoms. The number of para-hydroxylation sites is 1. The Kier molecular flexibility index (Phi) is 5.89. The Morgan fingerprint density at radius 2 is 1.20 bits per heavy atom. The van der Waals surface area contributed by atoms with Gasteiger partial charge in [0.25, 0.3) is 0 Å². The molecule has 214 valence electrons. The van der Waals surface area contributed by atoms with Crippen molar-refractivity contribution in [2.24, 2.45) is 0 Å². The topological polar surface area (TPSA) is 3.24 Å². The molecular weight excluding hydrogens is 579 g/mol. The standard InChI is InChI=1S/C42H31NSSi/c1-45(2)39-25-24-38-41(35-19-8-9-21-37(35)44-38)42(39)36-23-22-32(27-40(36)45)43(30-15-4-3-5-16-30)31-17-10-14-29(26-31)34-20-11-13-28-12-6-7-18-33(28)34/h3-27H,1-2H3. The minimum Gasteiger partial charge on any atom is -0.310 e. The second-order valence-electron chi connectivity index (χ2n) is 12.6. The van der Waals surface area contributed by atoms with Crippen molar-refractivity contribution >= 4 is 77.8 Å². The van der Waals surface area contributed by atoms with Gasteiger partial charge in [-0.2, -0.15) is 0 Å². The van der Waals surface area contributed by atoms with E-state index in [1.54, 1.807) is 5.19 Å². The normalized spacial score (nSPS) is 13.3. The smallest absolute Gasteiger partial charge is 0.113 e. The zero-order valence-corrected chi connectivity index (χ0v) is 27.1. The summed E-state index contributed by atoms with van der Waals surface area (Å²) in [6.45, 7) is 5.05. The predicted molar refractivity (Wildman–Crippen MR) is 199 cm³/mol. The highest BCUT2D eigenvalue weighted by Gasteiger charge is 2.39. The van der Waals surface area contributed by atoms with Gasteiger partial charge in [-0.05, 0) is 91.9 Å². The van der Waals surface area contributed by atoms with Crippen LogP contribution >= 0.6 is 11.3 Å².